The molecule has 0 amide bonds. The second-order valence-corrected chi connectivity index (χ2v) is 3.67. The molecular formula is C10H13N3O3. The maximum Gasteiger partial charge on any atom is 0.312 e. The van der Waals surface area contributed by atoms with E-state index in [0.717, 1.165) is 12.8 Å². The minimum atomic E-state index is -0.413. The molecule has 1 aromatic rings. The third kappa shape index (κ3) is 1.96. The van der Waals surface area contributed by atoms with E-state index in [4.69, 9.17) is 4.74 Å². The van der Waals surface area contributed by atoms with Crippen LogP contribution in [0.5, 0.6) is 0 Å². The van der Waals surface area contributed by atoms with Gasteiger partial charge in [0.1, 0.15) is 18.0 Å². The fourth-order valence-corrected chi connectivity index (χ4v) is 1.85. The Kier molecular flexibility index (Phi) is 3.00. The SMILES string of the molecule is Cn1ncc([N+](=O)[O-])c1C1CCC=CCO1. The van der Waals surface area contributed by atoms with Gasteiger partial charge in [-0.05, 0) is 12.8 Å². The van der Waals surface area contributed by atoms with Crippen LogP contribution < -0.4 is 0 Å². The first-order valence-electron chi connectivity index (χ1n) is 5.13. The van der Waals surface area contributed by atoms with Gasteiger partial charge < -0.3 is 4.74 Å². The van der Waals surface area contributed by atoms with Gasteiger partial charge in [0, 0.05) is 7.05 Å². The highest BCUT2D eigenvalue weighted by molar-refractivity contribution is 5.34. The van der Waals surface area contributed by atoms with Crippen LogP contribution in [0.2, 0.25) is 0 Å². The Bertz CT molecular complexity index is 415. The first kappa shape index (κ1) is 10.8. The molecule has 86 valence electrons. The van der Waals surface area contributed by atoms with Crippen molar-refractivity contribution < 1.29 is 9.66 Å². The molecule has 6 heteroatoms. The fourth-order valence-electron chi connectivity index (χ4n) is 1.85. The molecule has 1 aromatic heterocycles. The summed E-state index contributed by atoms with van der Waals surface area (Å²) in [6.07, 6.45) is 6.61. The van der Waals surface area contributed by atoms with Crippen molar-refractivity contribution in [3.63, 3.8) is 0 Å². The molecule has 0 bridgehead atoms. The second-order valence-electron chi connectivity index (χ2n) is 3.67. The van der Waals surface area contributed by atoms with Crippen LogP contribution in [0.4, 0.5) is 5.69 Å². The van der Waals surface area contributed by atoms with Crippen LogP contribution in [0.15, 0.2) is 18.3 Å². The van der Waals surface area contributed by atoms with Gasteiger partial charge in [-0.1, -0.05) is 12.2 Å². The van der Waals surface area contributed by atoms with Crippen molar-refractivity contribution in [2.45, 2.75) is 18.9 Å². The zero-order valence-electron chi connectivity index (χ0n) is 9.00. The lowest BCUT2D eigenvalue weighted by atomic mass is 10.1. The zero-order chi connectivity index (χ0) is 11.5. The predicted octanol–water partition coefficient (Wildman–Crippen LogP) is 1.74. The Labute approximate surface area is 92.7 Å². The Morgan fingerprint density at radius 3 is 3.19 bits per heavy atom. The molecule has 0 aliphatic carbocycles. The van der Waals surface area contributed by atoms with Gasteiger partial charge in [-0.15, -0.1) is 0 Å². The van der Waals surface area contributed by atoms with E-state index in [1.165, 1.54) is 10.9 Å². The van der Waals surface area contributed by atoms with Gasteiger partial charge in [0.25, 0.3) is 0 Å². The highest BCUT2D eigenvalue weighted by Crippen LogP contribution is 2.31. The highest BCUT2D eigenvalue weighted by atomic mass is 16.6. The average Bonchev–Trinajstić information content (AvgIpc) is 2.50. The largest absolute Gasteiger partial charge is 0.368 e. The van der Waals surface area contributed by atoms with Gasteiger partial charge >= 0.3 is 5.69 Å². The molecule has 0 spiro atoms. The maximum absolute atomic E-state index is 10.8. The molecule has 2 rings (SSSR count). The van der Waals surface area contributed by atoms with Crippen molar-refractivity contribution in [1.82, 2.24) is 9.78 Å². The fraction of sp³-hybridized carbons (Fsp3) is 0.500. The molecule has 1 aliphatic rings. The van der Waals surface area contributed by atoms with E-state index in [1.807, 2.05) is 12.2 Å². The summed E-state index contributed by atoms with van der Waals surface area (Å²) < 4.78 is 7.09. The Morgan fingerprint density at radius 1 is 1.62 bits per heavy atom. The summed E-state index contributed by atoms with van der Waals surface area (Å²) in [5, 5.41) is 14.8. The lowest BCUT2D eigenvalue weighted by Crippen LogP contribution is -2.10. The second kappa shape index (κ2) is 4.44. The molecule has 0 N–H and O–H groups in total. The summed E-state index contributed by atoms with van der Waals surface area (Å²) in [7, 11) is 1.70. The van der Waals surface area contributed by atoms with Gasteiger partial charge in [-0.2, -0.15) is 5.10 Å². The lowest BCUT2D eigenvalue weighted by Gasteiger charge is -2.14. The van der Waals surface area contributed by atoms with Gasteiger partial charge in [0.2, 0.25) is 0 Å². The Balaban J connectivity index is 2.31. The third-order valence-corrected chi connectivity index (χ3v) is 2.62. The molecule has 0 saturated carbocycles. The smallest absolute Gasteiger partial charge is 0.312 e. The molecule has 0 aromatic carbocycles. The van der Waals surface area contributed by atoms with Crippen LogP contribution in [-0.2, 0) is 11.8 Å². The van der Waals surface area contributed by atoms with Crippen LogP contribution in [0, 0.1) is 10.1 Å². The van der Waals surface area contributed by atoms with Crippen LogP contribution >= 0.6 is 0 Å². The van der Waals surface area contributed by atoms with Gasteiger partial charge in [0.05, 0.1) is 11.5 Å². The summed E-state index contributed by atoms with van der Waals surface area (Å²) in [4.78, 5) is 10.4. The Morgan fingerprint density at radius 2 is 2.44 bits per heavy atom. The number of ether oxygens (including phenoxy) is 1. The van der Waals surface area contributed by atoms with Gasteiger partial charge in [0.15, 0.2) is 0 Å². The van der Waals surface area contributed by atoms with E-state index in [9.17, 15) is 10.1 Å². The topological polar surface area (TPSA) is 70.2 Å². The molecule has 1 unspecified atom stereocenters. The summed E-state index contributed by atoms with van der Waals surface area (Å²) >= 11 is 0. The van der Waals surface area contributed by atoms with Crippen LogP contribution in [0.25, 0.3) is 0 Å². The Hall–Kier alpha value is -1.69. The molecule has 0 fully saturated rings. The van der Waals surface area contributed by atoms with E-state index in [0.29, 0.717) is 12.3 Å². The number of aryl methyl sites for hydroxylation is 1. The quantitative estimate of drug-likeness (QED) is 0.435. The van der Waals surface area contributed by atoms with E-state index >= 15 is 0 Å². The van der Waals surface area contributed by atoms with Gasteiger partial charge in [-0.25, -0.2) is 0 Å². The third-order valence-electron chi connectivity index (χ3n) is 2.62. The number of hydrogen-bond acceptors (Lipinski definition) is 4. The van der Waals surface area contributed by atoms with E-state index in [2.05, 4.69) is 5.10 Å². The minimum absolute atomic E-state index is 0.0365. The standard InChI is InChI=1S/C10H13N3O3/c1-12-10(8(7-11-12)13(14)15)9-5-3-2-4-6-16-9/h2,4,7,9H,3,5-6H2,1H3. The number of aromatic nitrogens is 2. The summed E-state index contributed by atoms with van der Waals surface area (Å²) in [6, 6.07) is 0. The van der Waals surface area contributed by atoms with Crippen molar-refractivity contribution >= 4 is 5.69 Å². The number of rotatable bonds is 2. The molecule has 2 heterocycles. The molecule has 1 atom stereocenters. The van der Waals surface area contributed by atoms with Crippen molar-refractivity contribution in [2.75, 3.05) is 6.61 Å². The molecular weight excluding hydrogens is 210 g/mol. The zero-order valence-corrected chi connectivity index (χ0v) is 9.00. The predicted molar refractivity (Wildman–Crippen MR) is 56.9 cm³/mol. The van der Waals surface area contributed by atoms with E-state index in [1.54, 1.807) is 7.05 Å². The number of hydrogen-bond donors (Lipinski definition) is 0. The molecule has 0 radical (unpaired) electrons. The maximum atomic E-state index is 10.8. The lowest BCUT2D eigenvalue weighted by molar-refractivity contribution is -0.386. The van der Waals surface area contributed by atoms with Gasteiger partial charge in [-0.3, -0.25) is 14.8 Å². The van der Waals surface area contributed by atoms with Crippen LogP contribution in [0.1, 0.15) is 24.6 Å². The summed E-state index contributed by atoms with van der Waals surface area (Å²) in [6.45, 7) is 0.493. The molecule has 0 saturated heterocycles. The van der Waals surface area contributed by atoms with Crippen molar-refractivity contribution in [1.29, 1.82) is 0 Å². The summed E-state index contributed by atoms with van der Waals surface area (Å²) in [5.41, 5.74) is 0.586. The number of nitro groups is 1. The van der Waals surface area contributed by atoms with Crippen LogP contribution in [-0.4, -0.2) is 21.3 Å². The minimum Gasteiger partial charge on any atom is -0.368 e. The van der Waals surface area contributed by atoms with Crippen LogP contribution in [0.3, 0.4) is 0 Å². The molecule has 6 nitrogen and oxygen atoms in total. The average molecular weight is 223 g/mol. The first-order valence-corrected chi connectivity index (χ1v) is 5.13. The molecule has 1 aliphatic heterocycles. The van der Waals surface area contributed by atoms with Crippen molar-refractivity contribution in [3.8, 4) is 0 Å². The normalized spacial score (nSPS) is 20.7. The number of allylic oxidation sites excluding steroid dienone is 1. The van der Waals surface area contributed by atoms with Crippen molar-refractivity contribution in [3.05, 3.63) is 34.2 Å². The summed E-state index contributed by atoms with van der Waals surface area (Å²) in [5.74, 6) is 0. The molecule has 16 heavy (non-hydrogen) atoms. The number of nitrogens with zero attached hydrogens (tertiary/aromatic N) is 3. The monoisotopic (exact) mass is 223 g/mol. The highest BCUT2D eigenvalue weighted by Gasteiger charge is 2.27. The van der Waals surface area contributed by atoms with E-state index in [-0.39, 0.29) is 11.8 Å². The van der Waals surface area contributed by atoms with E-state index < -0.39 is 4.92 Å². The van der Waals surface area contributed by atoms with Crippen molar-refractivity contribution in [2.24, 2.45) is 7.05 Å². The first-order chi connectivity index (χ1) is 7.70.